The van der Waals surface area contributed by atoms with Crippen LogP contribution in [0.25, 0.3) is 0 Å². The van der Waals surface area contributed by atoms with Crippen molar-refractivity contribution in [3.05, 3.63) is 53.3 Å². The first-order chi connectivity index (χ1) is 14.4. The van der Waals surface area contributed by atoms with E-state index in [9.17, 15) is 14.4 Å². The van der Waals surface area contributed by atoms with Crippen molar-refractivity contribution in [3.8, 4) is 0 Å². The van der Waals surface area contributed by atoms with Crippen molar-refractivity contribution in [2.45, 2.75) is 25.6 Å². The van der Waals surface area contributed by atoms with Gasteiger partial charge in [0.25, 0.3) is 11.8 Å². The summed E-state index contributed by atoms with van der Waals surface area (Å²) in [4.78, 5) is 41.8. The summed E-state index contributed by atoms with van der Waals surface area (Å²) in [6, 6.07) is 11.1. The normalized spacial score (nSPS) is 21.3. The molecule has 4 rings (SSSR count). The fraction of sp³-hybridized carbons (Fsp3) is 0.429. The number of amides is 3. The van der Waals surface area contributed by atoms with E-state index in [2.05, 4.69) is 10.4 Å². The van der Waals surface area contributed by atoms with E-state index in [0.717, 1.165) is 5.56 Å². The standard InChI is InChI=1S/C21H25N5O4/c1-21(20(29)22-13-15-6-4-3-5-7-15)14-26-17(19(28)24(21)2)12-16(23-26)18(27)25-8-10-30-11-9-25/h3-7,12H,8-11,13-14H2,1-2H3,(H,22,29)/t21-/m0/s1. The fourth-order valence-corrected chi connectivity index (χ4v) is 3.73. The van der Waals surface area contributed by atoms with Gasteiger partial charge in [-0.2, -0.15) is 5.10 Å². The summed E-state index contributed by atoms with van der Waals surface area (Å²) in [6.45, 7) is 4.20. The van der Waals surface area contributed by atoms with E-state index in [1.807, 2.05) is 30.3 Å². The molecule has 3 heterocycles. The number of fused-ring (bicyclic) bond motifs is 1. The molecule has 9 nitrogen and oxygen atoms in total. The van der Waals surface area contributed by atoms with Crippen LogP contribution in [0.5, 0.6) is 0 Å². The number of aromatic nitrogens is 2. The molecular weight excluding hydrogens is 386 g/mol. The number of carbonyl (C=O) groups is 3. The van der Waals surface area contributed by atoms with E-state index in [4.69, 9.17) is 4.74 Å². The Kier molecular flexibility index (Phi) is 5.29. The second-order valence-corrected chi connectivity index (χ2v) is 7.78. The Hall–Kier alpha value is -3.20. The zero-order valence-corrected chi connectivity index (χ0v) is 17.1. The molecule has 1 aromatic carbocycles. The quantitative estimate of drug-likeness (QED) is 0.791. The number of ether oxygens (including phenoxy) is 1. The lowest BCUT2D eigenvalue weighted by atomic mass is 9.96. The maximum atomic E-state index is 13.0. The molecule has 158 valence electrons. The third-order valence-corrected chi connectivity index (χ3v) is 5.80. The molecule has 2 aromatic rings. The predicted molar refractivity (Wildman–Crippen MR) is 108 cm³/mol. The van der Waals surface area contributed by atoms with E-state index in [1.54, 1.807) is 18.9 Å². The zero-order valence-electron chi connectivity index (χ0n) is 17.1. The molecule has 0 bridgehead atoms. The van der Waals surface area contributed by atoms with Crippen molar-refractivity contribution in [2.24, 2.45) is 0 Å². The molecule has 1 aromatic heterocycles. The minimum atomic E-state index is -1.12. The van der Waals surface area contributed by atoms with Gasteiger partial charge in [0.2, 0.25) is 5.91 Å². The summed E-state index contributed by atoms with van der Waals surface area (Å²) in [5.74, 6) is -0.845. The van der Waals surface area contributed by atoms with Gasteiger partial charge in [0.15, 0.2) is 5.69 Å². The number of nitrogens with one attached hydrogen (secondary N) is 1. The Bertz CT molecular complexity index is 967. The van der Waals surface area contributed by atoms with E-state index in [1.165, 1.54) is 15.6 Å². The third kappa shape index (κ3) is 3.56. The molecule has 0 unspecified atom stereocenters. The first-order valence-electron chi connectivity index (χ1n) is 9.95. The summed E-state index contributed by atoms with van der Waals surface area (Å²) in [6.07, 6.45) is 0. The third-order valence-electron chi connectivity index (χ3n) is 5.80. The molecule has 0 saturated carbocycles. The highest BCUT2D eigenvalue weighted by atomic mass is 16.5. The minimum Gasteiger partial charge on any atom is -0.378 e. The molecule has 2 aliphatic heterocycles. The Morgan fingerprint density at radius 1 is 1.20 bits per heavy atom. The van der Waals surface area contributed by atoms with Crippen molar-refractivity contribution < 1.29 is 19.1 Å². The van der Waals surface area contributed by atoms with Gasteiger partial charge in [0.1, 0.15) is 11.2 Å². The van der Waals surface area contributed by atoms with Crippen LogP contribution in [0.15, 0.2) is 36.4 Å². The summed E-state index contributed by atoms with van der Waals surface area (Å²) < 4.78 is 6.75. The number of benzene rings is 1. The second-order valence-electron chi connectivity index (χ2n) is 7.78. The van der Waals surface area contributed by atoms with Crippen LogP contribution < -0.4 is 5.32 Å². The van der Waals surface area contributed by atoms with E-state index in [0.29, 0.717) is 38.5 Å². The minimum absolute atomic E-state index is 0.168. The lowest BCUT2D eigenvalue weighted by Crippen LogP contribution is -2.62. The van der Waals surface area contributed by atoms with Gasteiger partial charge in [-0.05, 0) is 12.5 Å². The average Bonchev–Trinajstić information content (AvgIpc) is 3.20. The number of rotatable bonds is 4. The predicted octanol–water partition coefficient (Wildman–Crippen LogP) is 0.516. The first kappa shape index (κ1) is 20.1. The van der Waals surface area contributed by atoms with Crippen molar-refractivity contribution in [1.82, 2.24) is 24.9 Å². The second kappa shape index (κ2) is 7.91. The highest BCUT2D eigenvalue weighted by Gasteiger charge is 2.46. The number of likely N-dealkylation sites (N-methyl/N-ethyl adjacent to an activating group) is 1. The molecule has 0 spiro atoms. The number of hydrogen-bond acceptors (Lipinski definition) is 5. The highest BCUT2D eigenvalue weighted by Crippen LogP contribution is 2.26. The van der Waals surface area contributed by atoms with Crippen molar-refractivity contribution in [1.29, 1.82) is 0 Å². The number of hydrogen-bond donors (Lipinski definition) is 1. The summed E-state index contributed by atoms with van der Waals surface area (Å²) >= 11 is 0. The molecule has 2 aliphatic rings. The average molecular weight is 411 g/mol. The molecule has 3 amide bonds. The van der Waals surface area contributed by atoms with Crippen molar-refractivity contribution in [2.75, 3.05) is 33.4 Å². The topological polar surface area (TPSA) is 96.8 Å². The summed E-state index contributed by atoms with van der Waals surface area (Å²) in [5, 5.41) is 7.27. The van der Waals surface area contributed by atoms with Gasteiger partial charge in [0.05, 0.1) is 19.8 Å². The molecule has 0 aliphatic carbocycles. The van der Waals surface area contributed by atoms with Crippen molar-refractivity contribution >= 4 is 17.7 Å². The molecule has 1 fully saturated rings. The molecule has 30 heavy (non-hydrogen) atoms. The Balaban J connectivity index is 1.53. The van der Waals surface area contributed by atoms with E-state index in [-0.39, 0.29) is 30.0 Å². The summed E-state index contributed by atoms with van der Waals surface area (Å²) in [5.41, 5.74) is 0.368. The van der Waals surface area contributed by atoms with Crippen molar-refractivity contribution in [3.63, 3.8) is 0 Å². The monoisotopic (exact) mass is 411 g/mol. The fourth-order valence-electron chi connectivity index (χ4n) is 3.73. The Labute approximate surface area is 174 Å². The molecule has 1 N–H and O–H groups in total. The van der Waals surface area contributed by atoms with Gasteiger partial charge in [-0.3, -0.25) is 19.1 Å². The zero-order chi connectivity index (χ0) is 21.3. The highest BCUT2D eigenvalue weighted by molar-refractivity contribution is 6.01. The molecule has 9 heteroatoms. The van der Waals surface area contributed by atoms with Gasteiger partial charge in [-0.25, -0.2) is 0 Å². The van der Waals surface area contributed by atoms with Crippen LogP contribution in [-0.2, 0) is 22.6 Å². The van der Waals surface area contributed by atoms with Crippen LogP contribution in [0.3, 0.4) is 0 Å². The van der Waals surface area contributed by atoms with Gasteiger partial charge in [-0.15, -0.1) is 0 Å². The lowest BCUT2D eigenvalue weighted by molar-refractivity contribution is -0.132. The van der Waals surface area contributed by atoms with Gasteiger partial charge < -0.3 is 19.9 Å². The maximum absolute atomic E-state index is 13.0. The Morgan fingerprint density at radius 2 is 1.90 bits per heavy atom. The van der Waals surface area contributed by atoms with Gasteiger partial charge in [-0.1, -0.05) is 30.3 Å². The van der Waals surface area contributed by atoms with E-state index >= 15 is 0 Å². The maximum Gasteiger partial charge on any atom is 0.274 e. The van der Waals surface area contributed by atoms with Crippen LogP contribution in [0.4, 0.5) is 0 Å². The smallest absolute Gasteiger partial charge is 0.274 e. The largest absolute Gasteiger partial charge is 0.378 e. The summed E-state index contributed by atoms with van der Waals surface area (Å²) in [7, 11) is 1.60. The van der Waals surface area contributed by atoms with E-state index < -0.39 is 5.54 Å². The molecule has 1 atom stereocenters. The van der Waals surface area contributed by atoms with Crippen LogP contribution in [-0.4, -0.2) is 76.2 Å². The number of morpholine rings is 1. The number of carbonyl (C=O) groups excluding carboxylic acids is 3. The van der Waals surface area contributed by atoms with Crippen LogP contribution >= 0.6 is 0 Å². The molecule has 0 radical (unpaired) electrons. The van der Waals surface area contributed by atoms with Crippen LogP contribution in [0, 0.1) is 0 Å². The first-order valence-corrected chi connectivity index (χ1v) is 9.95. The van der Waals surface area contributed by atoms with Crippen LogP contribution in [0.2, 0.25) is 0 Å². The SMILES string of the molecule is CN1C(=O)c2cc(C(=O)N3CCOCC3)nn2C[C@@]1(C)C(=O)NCc1ccccc1. The van der Waals surface area contributed by atoms with Gasteiger partial charge in [0, 0.05) is 32.7 Å². The Morgan fingerprint density at radius 3 is 2.60 bits per heavy atom. The van der Waals surface area contributed by atoms with Gasteiger partial charge >= 0.3 is 0 Å². The lowest BCUT2D eigenvalue weighted by Gasteiger charge is -2.40. The molecular formula is C21H25N5O4. The van der Waals surface area contributed by atoms with Crippen LogP contribution in [0.1, 0.15) is 33.5 Å². The molecule has 1 saturated heterocycles. The number of nitrogens with zero attached hydrogens (tertiary/aromatic N) is 4.